The predicted molar refractivity (Wildman–Crippen MR) is 68.6 cm³/mol. The highest BCUT2D eigenvalue weighted by Gasteiger charge is 2.07. The molecule has 2 aromatic rings. The second kappa shape index (κ2) is 4.92. The molecule has 0 atom stereocenters. The van der Waals surface area contributed by atoms with E-state index >= 15 is 0 Å². The van der Waals surface area contributed by atoms with Crippen molar-refractivity contribution < 1.29 is 4.79 Å². The van der Waals surface area contributed by atoms with E-state index in [1.54, 1.807) is 28.7 Å². The summed E-state index contributed by atoms with van der Waals surface area (Å²) in [7, 11) is 3.72. The van der Waals surface area contributed by atoms with Crippen molar-refractivity contribution in [2.24, 2.45) is 0 Å². The average Bonchev–Trinajstić information content (AvgIpc) is 2.83. The highest BCUT2D eigenvalue weighted by Crippen LogP contribution is 2.11. The van der Waals surface area contributed by atoms with Gasteiger partial charge in [0.2, 0.25) is 5.95 Å². The van der Waals surface area contributed by atoms with Crippen LogP contribution in [0.2, 0.25) is 0 Å². The summed E-state index contributed by atoms with van der Waals surface area (Å²) >= 11 is 1.49. The van der Waals surface area contributed by atoms with Gasteiger partial charge in [0.15, 0.2) is 0 Å². The van der Waals surface area contributed by atoms with Crippen molar-refractivity contribution in [2.45, 2.75) is 0 Å². The number of carbonyl (C=O) groups excluding carboxylic acids is 1. The Kier molecular flexibility index (Phi) is 3.34. The molecule has 1 amide bonds. The van der Waals surface area contributed by atoms with Crippen LogP contribution in [0, 0.1) is 0 Å². The van der Waals surface area contributed by atoms with E-state index in [9.17, 15) is 4.79 Å². The Morgan fingerprint density at radius 3 is 2.59 bits per heavy atom. The fourth-order valence-electron chi connectivity index (χ4n) is 1.21. The fraction of sp³-hybridized carbons (Fsp3) is 0.182. The SMILES string of the molecule is CN(C)c1ncc(NC(=O)c2ccsc2)cn1. The lowest BCUT2D eigenvalue weighted by Crippen LogP contribution is -2.14. The third-order valence-corrected chi connectivity index (χ3v) is 2.76. The topological polar surface area (TPSA) is 58.1 Å². The van der Waals surface area contributed by atoms with E-state index in [0.717, 1.165) is 0 Å². The summed E-state index contributed by atoms with van der Waals surface area (Å²) in [6.45, 7) is 0. The number of carbonyl (C=O) groups is 1. The number of amides is 1. The molecule has 0 aliphatic heterocycles. The van der Waals surface area contributed by atoms with Crippen LogP contribution < -0.4 is 10.2 Å². The maximum Gasteiger partial charge on any atom is 0.256 e. The third-order valence-electron chi connectivity index (χ3n) is 2.08. The lowest BCUT2D eigenvalue weighted by Gasteiger charge is -2.09. The van der Waals surface area contributed by atoms with Crippen molar-refractivity contribution in [1.82, 2.24) is 9.97 Å². The second-order valence-electron chi connectivity index (χ2n) is 3.63. The molecule has 0 bridgehead atoms. The van der Waals surface area contributed by atoms with Gasteiger partial charge in [-0.2, -0.15) is 11.3 Å². The number of aromatic nitrogens is 2. The molecule has 0 radical (unpaired) electrons. The molecule has 1 N–H and O–H groups in total. The van der Waals surface area contributed by atoms with Crippen molar-refractivity contribution in [3.8, 4) is 0 Å². The Morgan fingerprint density at radius 2 is 2.06 bits per heavy atom. The molecule has 0 aliphatic carbocycles. The first kappa shape index (κ1) is 11.5. The van der Waals surface area contributed by atoms with E-state index in [4.69, 9.17) is 0 Å². The minimum absolute atomic E-state index is 0.146. The number of rotatable bonds is 3. The summed E-state index contributed by atoms with van der Waals surface area (Å²) in [5, 5.41) is 6.39. The van der Waals surface area contributed by atoms with Gasteiger partial charge in [0.05, 0.1) is 23.6 Å². The largest absolute Gasteiger partial charge is 0.347 e. The van der Waals surface area contributed by atoms with E-state index in [0.29, 0.717) is 17.2 Å². The predicted octanol–water partition coefficient (Wildman–Crippen LogP) is 1.86. The smallest absolute Gasteiger partial charge is 0.256 e. The Balaban J connectivity index is 2.07. The minimum Gasteiger partial charge on any atom is -0.347 e. The Labute approximate surface area is 103 Å². The molecule has 0 aliphatic rings. The van der Waals surface area contributed by atoms with Gasteiger partial charge in [-0.3, -0.25) is 4.79 Å². The number of hydrogen-bond acceptors (Lipinski definition) is 5. The Hall–Kier alpha value is -1.95. The fourth-order valence-corrected chi connectivity index (χ4v) is 1.85. The molecule has 0 fully saturated rings. The molecule has 0 saturated heterocycles. The van der Waals surface area contributed by atoms with Crippen LogP contribution in [0.25, 0.3) is 0 Å². The molecule has 0 spiro atoms. The van der Waals surface area contributed by atoms with Crippen molar-refractivity contribution in [1.29, 1.82) is 0 Å². The van der Waals surface area contributed by atoms with Gasteiger partial charge in [-0.1, -0.05) is 0 Å². The molecule has 2 aromatic heterocycles. The molecular formula is C11H12N4OS. The van der Waals surface area contributed by atoms with Gasteiger partial charge in [0.25, 0.3) is 5.91 Å². The van der Waals surface area contributed by atoms with Crippen LogP contribution in [0.3, 0.4) is 0 Å². The van der Waals surface area contributed by atoms with Gasteiger partial charge >= 0.3 is 0 Å². The first-order valence-corrected chi connectivity index (χ1v) is 5.94. The van der Waals surface area contributed by atoms with Crippen LogP contribution in [-0.2, 0) is 0 Å². The normalized spacial score (nSPS) is 10.0. The average molecular weight is 248 g/mol. The van der Waals surface area contributed by atoms with E-state index in [-0.39, 0.29) is 5.91 Å². The summed E-state index contributed by atoms with van der Waals surface area (Å²) in [6.07, 6.45) is 3.18. The first-order chi connectivity index (χ1) is 8.16. The van der Waals surface area contributed by atoms with E-state index in [1.807, 2.05) is 19.5 Å². The van der Waals surface area contributed by atoms with E-state index in [2.05, 4.69) is 15.3 Å². The van der Waals surface area contributed by atoms with Crippen molar-refractivity contribution in [2.75, 3.05) is 24.3 Å². The molecule has 0 aromatic carbocycles. The van der Waals surface area contributed by atoms with Crippen LogP contribution in [0.5, 0.6) is 0 Å². The number of nitrogens with one attached hydrogen (secondary N) is 1. The van der Waals surface area contributed by atoms with Crippen LogP contribution in [0.1, 0.15) is 10.4 Å². The van der Waals surface area contributed by atoms with Crippen LogP contribution in [0.15, 0.2) is 29.2 Å². The summed E-state index contributed by atoms with van der Waals surface area (Å²) in [6, 6.07) is 1.77. The van der Waals surface area contributed by atoms with E-state index in [1.165, 1.54) is 11.3 Å². The monoisotopic (exact) mass is 248 g/mol. The zero-order valence-electron chi connectivity index (χ0n) is 9.54. The summed E-state index contributed by atoms with van der Waals surface area (Å²) in [5.41, 5.74) is 1.23. The molecule has 17 heavy (non-hydrogen) atoms. The van der Waals surface area contributed by atoms with Gasteiger partial charge in [0.1, 0.15) is 0 Å². The molecule has 2 rings (SSSR count). The third kappa shape index (κ3) is 2.79. The number of nitrogens with zero attached hydrogens (tertiary/aromatic N) is 3. The Bertz CT molecular complexity index is 493. The van der Waals surface area contributed by atoms with Gasteiger partial charge in [0, 0.05) is 19.5 Å². The van der Waals surface area contributed by atoms with Gasteiger partial charge in [-0.15, -0.1) is 0 Å². The molecule has 0 unspecified atom stereocenters. The second-order valence-corrected chi connectivity index (χ2v) is 4.41. The highest BCUT2D eigenvalue weighted by atomic mass is 32.1. The lowest BCUT2D eigenvalue weighted by molar-refractivity contribution is 0.102. The molecular weight excluding hydrogens is 236 g/mol. The maximum atomic E-state index is 11.7. The van der Waals surface area contributed by atoms with Crippen molar-refractivity contribution in [3.05, 3.63) is 34.8 Å². The van der Waals surface area contributed by atoms with Crippen LogP contribution in [-0.4, -0.2) is 30.0 Å². The van der Waals surface area contributed by atoms with Crippen LogP contribution >= 0.6 is 11.3 Å². The molecule has 2 heterocycles. The lowest BCUT2D eigenvalue weighted by atomic mass is 10.3. The maximum absolute atomic E-state index is 11.7. The Morgan fingerprint density at radius 1 is 1.35 bits per heavy atom. The summed E-state index contributed by atoms with van der Waals surface area (Å²) in [4.78, 5) is 21.8. The van der Waals surface area contributed by atoms with Gasteiger partial charge in [-0.05, 0) is 11.4 Å². The highest BCUT2D eigenvalue weighted by molar-refractivity contribution is 7.08. The molecule has 6 heteroatoms. The van der Waals surface area contributed by atoms with Crippen molar-refractivity contribution in [3.63, 3.8) is 0 Å². The number of hydrogen-bond donors (Lipinski definition) is 1. The van der Waals surface area contributed by atoms with Gasteiger partial charge < -0.3 is 10.2 Å². The summed E-state index contributed by atoms with van der Waals surface area (Å²) < 4.78 is 0. The van der Waals surface area contributed by atoms with Crippen LogP contribution in [0.4, 0.5) is 11.6 Å². The molecule has 88 valence electrons. The molecule has 5 nitrogen and oxygen atoms in total. The first-order valence-electron chi connectivity index (χ1n) is 5.00. The zero-order valence-corrected chi connectivity index (χ0v) is 10.4. The van der Waals surface area contributed by atoms with E-state index < -0.39 is 0 Å². The standard InChI is InChI=1S/C11H12N4OS/c1-15(2)11-12-5-9(6-13-11)14-10(16)8-3-4-17-7-8/h3-7H,1-2H3,(H,14,16). The van der Waals surface area contributed by atoms with Crippen molar-refractivity contribution >= 4 is 28.9 Å². The number of thiophene rings is 1. The quantitative estimate of drug-likeness (QED) is 0.900. The zero-order chi connectivity index (χ0) is 12.3. The minimum atomic E-state index is -0.146. The summed E-state index contributed by atoms with van der Waals surface area (Å²) in [5.74, 6) is 0.464. The van der Waals surface area contributed by atoms with Gasteiger partial charge in [-0.25, -0.2) is 9.97 Å². The number of anilines is 2. The molecule has 0 saturated carbocycles.